The highest BCUT2D eigenvalue weighted by Crippen LogP contribution is 2.30. The number of nitrogens with zero attached hydrogens (tertiary/aromatic N) is 2. The predicted octanol–water partition coefficient (Wildman–Crippen LogP) is 2.96. The van der Waals surface area contributed by atoms with Crippen molar-refractivity contribution in [2.45, 2.75) is 26.3 Å². The highest BCUT2D eigenvalue weighted by atomic mass is 35.5. The molecule has 1 heterocycles. The molecule has 0 aliphatic rings. The molecule has 6 heteroatoms. The Kier molecular flexibility index (Phi) is 4.98. The summed E-state index contributed by atoms with van der Waals surface area (Å²) >= 11 is 5.96. The summed E-state index contributed by atoms with van der Waals surface area (Å²) in [6, 6.07) is 4.86. The number of nitrogens with two attached hydrogens (primary N) is 1. The molecular weight excluding hydrogens is 288 g/mol. The van der Waals surface area contributed by atoms with Crippen LogP contribution in [0.1, 0.15) is 18.9 Å². The number of benzene rings is 1. The van der Waals surface area contributed by atoms with Crippen molar-refractivity contribution < 1.29 is 5.11 Å². The van der Waals surface area contributed by atoms with Crippen LogP contribution in [0.3, 0.4) is 0 Å². The minimum Gasteiger partial charge on any atom is -0.507 e. The molecule has 1 aromatic carbocycles. The van der Waals surface area contributed by atoms with E-state index >= 15 is 0 Å². The van der Waals surface area contributed by atoms with Gasteiger partial charge >= 0.3 is 0 Å². The maximum absolute atomic E-state index is 9.93. The third-order valence-corrected chi connectivity index (χ3v) is 3.46. The molecule has 0 aliphatic carbocycles. The van der Waals surface area contributed by atoms with Gasteiger partial charge in [0.2, 0.25) is 0 Å². The van der Waals surface area contributed by atoms with Gasteiger partial charge in [-0.3, -0.25) is 0 Å². The van der Waals surface area contributed by atoms with Crippen molar-refractivity contribution in [1.82, 2.24) is 9.97 Å². The van der Waals surface area contributed by atoms with E-state index in [2.05, 4.69) is 15.3 Å². The van der Waals surface area contributed by atoms with Crippen molar-refractivity contribution in [3.8, 4) is 17.1 Å². The lowest BCUT2D eigenvalue weighted by Crippen LogP contribution is -2.28. The summed E-state index contributed by atoms with van der Waals surface area (Å²) in [5.41, 5.74) is 7.33. The van der Waals surface area contributed by atoms with Gasteiger partial charge in [-0.25, -0.2) is 9.97 Å². The predicted molar refractivity (Wildman–Crippen MR) is 85.6 cm³/mol. The molecule has 0 aliphatic heterocycles. The zero-order valence-electron chi connectivity index (χ0n) is 12.1. The number of phenolic OH excluding ortho intramolecular Hbond substituents is 1. The second-order valence-corrected chi connectivity index (χ2v) is 5.37. The van der Waals surface area contributed by atoms with Crippen molar-refractivity contribution in [2.75, 3.05) is 11.9 Å². The normalized spacial score (nSPS) is 12.2. The van der Waals surface area contributed by atoms with Crippen molar-refractivity contribution >= 4 is 17.4 Å². The first-order chi connectivity index (χ1) is 10.0. The van der Waals surface area contributed by atoms with E-state index in [1.807, 2.05) is 13.8 Å². The van der Waals surface area contributed by atoms with E-state index in [9.17, 15) is 5.11 Å². The van der Waals surface area contributed by atoms with Crippen LogP contribution in [0.5, 0.6) is 5.75 Å². The minimum absolute atomic E-state index is 0.0717. The van der Waals surface area contributed by atoms with Gasteiger partial charge in [-0.2, -0.15) is 0 Å². The molecule has 1 aromatic heterocycles. The molecule has 1 atom stereocenters. The number of hydrogen-bond donors (Lipinski definition) is 3. The first kappa shape index (κ1) is 15.5. The molecule has 0 saturated carbocycles. The molecule has 4 N–H and O–H groups in total. The second-order valence-electron chi connectivity index (χ2n) is 4.94. The van der Waals surface area contributed by atoms with E-state index < -0.39 is 0 Å². The third kappa shape index (κ3) is 3.83. The van der Waals surface area contributed by atoms with Crippen molar-refractivity contribution in [3.63, 3.8) is 0 Å². The van der Waals surface area contributed by atoms with Gasteiger partial charge in [-0.15, -0.1) is 0 Å². The largest absolute Gasteiger partial charge is 0.507 e. The van der Waals surface area contributed by atoms with Crippen LogP contribution in [0.15, 0.2) is 24.4 Å². The number of halogens is 1. The van der Waals surface area contributed by atoms with Crippen LogP contribution in [0, 0.1) is 6.92 Å². The number of hydrogen-bond acceptors (Lipinski definition) is 5. The van der Waals surface area contributed by atoms with Gasteiger partial charge in [-0.1, -0.05) is 18.5 Å². The fourth-order valence-electron chi connectivity index (χ4n) is 1.81. The van der Waals surface area contributed by atoms with Crippen molar-refractivity contribution in [3.05, 3.63) is 35.0 Å². The number of anilines is 1. The number of phenols is 1. The summed E-state index contributed by atoms with van der Waals surface area (Å²) in [6.07, 6.45) is 2.60. The van der Waals surface area contributed by atoms with Crippen LogP contribution >= 0.6 is 11.6 Å². The van der Waals surface area contributed by atoms with Gasteiger partial charge in [0, 0.05) is 29.4 Å². The highest BCUT2D eigenvalue weighted by Gasteiger charge is 2.11. The molecule has 2 rings (SSSR count). The zero-order valence-corrected chi connectivity index (χ0v) is 12.9. The number of aromatic hydroxyl groups is 1. The summed E-state index contributed by atoms with van der Waals surface area (Å²) in [7, 11) is 0. The lowest BCUT2D eigenvalue weighted by Gasteiger charge is -2.13. The second kappa shape index (κ2) is 6.74. The third-order valence-electron chi connectivity index (χ3n) is 3.23. The lowest BCUT2D eigenvalue weighted by atomic mass is 10.2. The summed E-state index contributed by atoms with van der Waals surface area (Å²) in [4.78, 5) is 8.71. The number of rotatable bonds is 5. The maximum atomic E-state index is 9.93. The summed E-state index contributed by atoms with van der Waals surface area (Å²) in [6.45, 7) is 4.59. The standard InChI is InChI=1S/C15H19ClN4O/c1-3-11(17)8-19-14-9(2)7-18-15(20-14)12-6-10(16)4-5-13(12)21/h4-7,11,21H,3,8,17H2,1-2H3,(H,18,19,20)/t11-/m0/s1. The van der Waals surface area contributed by atoms with Gasteiger partial charge in [-0.05, 0) is 31.5 Å². The van der Waals surface area contributed by atoms with E-state index in [1.165, 1.54) is 6.07 Å². The molecule has 0 radical (unpaired) electrons. The molecule has 0 unspecified atom stereocenters. The average molecular weight is 307 g/mol. The molecule has 21 heavy (non-hydrogen) atoms. The Bertz CT molecular complexity index is 633. The molecule has 0 spiro atoms. The van der Waals surface area contributed by atoms with E-state index in [1.54, 1.807) is 18.3 Å². The topological polar surface area (TPSA) is 84.1 Å². The zero-order chi connectivity index (χ0) is 15.4. The van der Waals surface area contributed by atoms with E-state index in [0.29, 0.717) is 28.8 Å². The van der Waals surface area contributed by atoms with Gasteiger partial charge in [0.15, 0.2) is 5.82 Å². The Morgan fingerprint density at radius 1 is 1.43 bits per heavy atom. The van der Waals surface area contributed by atoms with E-state index in [0.717, 1.165) is 12.0 Å². The fraction of sp³-hybridized carbons (Fsp3) is 0.333. The van der Waals surface area contributed by atoms with Crippen LogP contribution in [0.2, 0.25) is 5.02 Å². The SMILES string of the molecule is CC[C@H](N)CNc1nc(-c2cc(Cl)ccc2O)ncc1C. The molecule has 0 fully saturated rings. The van der Waals surface area contributed by atoms with E-state index in [4.69, 9.17) is 17.3 Å². The number of aryl methyl sites for hydroxylation is 1. The van der Waals surface area contributed by atoms with Crippen LogP contribution in [-0.4, -0.2) is 27.7 Å². The molecule has 2 aromatic rings. The van der Waals surface area contributed by atoms with Crippen LogP contribution < -0.4 is 11.1 Å². The van der Waals surface area contributed by atoms with Crippen LogP contribution in [0.4, 0.5) is 5.82 Å². The molecular formula is C15H19ClN4O. The summed E-state index contributed by atoms with van der Waals surface area (Å²) in [5.74, 6) is 1.23. The Hall–Kier alpha value is -1.85. The Morgan fingerprint density at radius 3 is 2.90 bits per heavy atom. The van der Waals surface area contributed by atoms with Crippen LogP contribution in [-0.2, 0) is 0 Å². The highest BCUT2D eigenvalue weighted by molar-refractivity contribution is 6.30. The molecule has 0 amide bonds. The summed E-state index contributed by atoms with van der Waals surface area (Å²) < 4.78 is 0. The van der Waals surface area contributed by atoms with Gasteiger partial charge < -0.3 is 16.2 Å². The van der Waals surface area contributed by atoms with Crippen molar-refractivity contribution in [1.29, 1.82) is 0 Å². The van der Waals surface area contributed by atoms with Gasteiger partial charge in [0.25, 0.3) is 0 Å². The Labute approximate surface area is 129 Å². The quantitative estimate of drug-likeness (QED) is 0.791. The molecule has 112 valence electrons. The molecule has 5 nitrogen and oxygen atoms in total. The smallest absolute Gasteiger partial charge is 0.165 e. The molecule has 0 bridgehead atoms. The first-order valence-electron chi connectivity index (χ1n) is 6.83. The monoisotopic (exact) mass is 306 g/mol. The van der Waals surface area contributed by atoms with Gasteiger partial charge in [0.05, 0.1) is 5.56 Å². The first-order valence-corrected chi connectivity index (χ1v) is 7.21. The van der Waals surface area contributed by atoms with E-state index in [-0.39, 0.29) is 11.8 Å². The lowest BCUT2D eigenvalue weighted by molar-refractivity contribution is 0.477. The molecule has 0 saturated heterocycles. The average Bonchev–Trinajstić information content (AvgIpc) is 2.48. The fourth-order valence-corrected chi connectivity index (χ4v) is 1.98. The van der Waals surface area contributed by atoms with Crippen LogP contribution in [0.25, 0.3) is 11.4 Å². The number of aromatic nitrogens is 2. The Morgan fingerprint density at radius 2 is 2.19 bits per heavy atom. The summed E-state index contributed by atoms with van der Waals surface area (Å²) in [5, 5.41) is 13.7. The number of nitrogens with one attached hydrogen (secondary N) is 1. The Balaban J connectivity index is 2.31. The van der Waals surface area contributed by atoms with Gasteiger partial charge in [0.1, 0.15) is 11.6 Å². The van der Waals surface area contributed by atoms with Crippen molar-refractivity contribution in [2.24, 2.45) is 5.73 Å². The maximum Gasteiger partial charge on any atom is 0.165 e. The minimum atomic E-state index is 0.0717.